The first-order valence-corrected chi connectivity index (χ1v) is 5.64. The quantitative estimate of drug-likeness (QED) is 0.581. The van der Waals surface area contributed by atoms with E-state index in [-0.39, 0.29) is 0 Å². The van der Waals surface area contributed by atoms with E-state index in [9.17, 15) is 10.0 Å². The highest BCUT2D eigenvalue weighted by Gasteiger charge is 2.17. The molecule has 3 aromatic rings. The van der Waals surface area contributed by atoms with E-state index in [2.05, 4.69) is 9.97 Å². The van der Waals surface area contributed by atoms with Gasteiger partial charge >= 0.3 is 7.12 Å². The Labute approximate surface area is 104 Å². The van der Waals surface area contributed by atoms with Crippen LogP contribution in [0.3, 0.4) is 0 Å². The van der Waals surface area contributed by atoms with Crippen LogP contribution in [0.2, 0.25) is 0 Å². The summed E-state index contributed by atoms with van der Waals surface area (Å²) in [6, 6.07) is 11.9. The van der Waals surface area contributed by atoms with Crippen molar-refractivity contribution in [3.63, 3.8) is 0 Å². The number of aromatic nitrogens is 2. The minimum Gasteiger partial charge on any atom is -0.423 e. The maximum absolute atomic E-state index is 9.19. The summed E-state index contributed by atoms with van der Waals surface area (Å²) >= 11 is 0. The molecule has 0 aliphatic carbocycles. The second-order valence-corrected chi connectivity index (χ2v) is 4.10. The van der Waals surface area contributed by atoms with Crippen molar-refractivity contribution < 1.29 is 10.0 Å². The second-order valence-electron chi connectivity index (χ2n) is 4.10. The summed E-state index contributed by atoms with van der Waals surface area (Å²) in [4.78, 5) is 7.28. The van der Waals surface area contributed by atoms with Gasteiger partial charge in [0, 0.05) is 23.4 Å². The summed E-state index contributed by atoms with van der Waals surface area (Å²) in [5.41, 5.74) is 3.84. The fourth-order valence-corrected chi connectivity index (χ4v) is 2.01. The molecule has 0 unspecified atom stereocenters. The summed E-state index contributed by atoms with van der Waals surface area (Å²) in [7, 11) is -1.51. The molecule has 3 N–H and O–H groups in total. The number of hydrogen-bond donors (Lipinski definition) is 3. The normalized spacial score (nSPS) is 10.8. The molecule has 0 bridgehead atoms. The van der Waals surface area contributed by atoms with E-state index >= 15 is 0 Å². The summed E-state index contributed by atoms with van der Waals surface area (Å²) in [5.74, 6) is 0. The van der Waals surface area contributed by atoms with E-state index < -0.39 is 7.12 Å². The monoisotopic (exact) mass is 238 g/mol. The molecular formula is C13H11BN2O2. The fourth-order valence-electron chi connectivity index (χ4n) is 2.01. The van der Waals surface area contributed by atoms with Crippen LogP contribution in [0.15, 0.2) is 48.8 Å². The molecule has 0 aliphatic rings. The van der Waals surface area contributed by atoms with Gasteiger partial charge in [0.2, 0.25) is 0 Å². The number of fused-ring (bicyclic) bond motifs is 1. The second kappa shape index (κ2) is 4.29. The lowest BCUT2D eigenvalue weighted by Crippen LogP contribution is -2.29. The molecule has 88 valence electrons. The lowest BCUT2D eigenvalue weighted by Gasteiger charge is -2.01. The lowest BCUT2D eigenvalue weighted by atomic mass is 9.81. The highest BCUT2D eigenvalue weighted by atomic mass is 16.4. The van der Waals surface area contributed by atoms with Gasteiger partial charge in [-0.2, -0.15) is 0 Å². The number of H-pyrrole nitrogens is 1. The highest BCUT2D eigenvalue weighted by molar-refractivity contribution is 6.61. The zero-order valence-electron chi connectivity index (χ0n) is 9.54. The van der Waals surface area contributed by atoms with Crippen LogP contribution in [0.5, 0.6) is 0 Å². The number of aromatic amines is 1. The van der Waals surface area contributed by atoms with Crippen LogP contribution in [-0.4, -0.2) is 27.1 Å². The van der Waals surface area contributed by atoms with Crippen LogP contribution in [0.4, 0.5) is 0 Å². The molecule has 0 aliphatic heterocycles. The Bertz CT molecular complexity index is 680. The Hall–Kier alpha value is -2.11. The van der Waals surface area contributed by atoms with E-state index in [1.54, 1.807) is 12.4 Å². The maximum Gasteiger partial charge on any atom is 0.492 e. The van der Waals surface area contributed by atoms with Crippen molar-refractivity contribution in [1.29, 1.82) is 0 Å². The molecule has 0 saturated heterocycles. The average Bonchev–Trinajstić information content (AvgIpc) is 2.82. The summed E-state index contributed by atoms with van der Waals surface area (Å²) in [5, 5.41) is 18.4. The Balaban J connectivity index is 2.13. The third kappa shape index (κ3) is 1.79. The first-order valence-electron chi connectivity index (χ1n) is 5.64. The zero-order chi connectivity index (χ0) is 12.5. The van der Waals surface area contributed by atoms with Crippen LogP contribution in [0.1, 0.15) is 0 Å². The van der Waals surface area contributed by atoms with Crippen molar-refractivity contribution in [3.8, 4) is 11.1 Å². The summed E-state index contributed by atoms with van der Waals surface area (Å²) in [6.07, 6.45) is 3.30. The number of rotatable bonds is 2. The van der Waals surface area contributed by atoms with Crippen molar-refractivity contribution in [2.24, 2.45) is 0 Å². The van der Waals surface area contributed by atoms with Crippen molar-refractivity contribution in [1.82, 2.24) is 9.97 Å². The van der Waals surface area contributed by atoms with Crippen LogP contribution in [0.25, 0.3) is 22.2 Å². The van der Waals surface area contributed by atoms with Gasteiger partial charge in [0.15, 0.2) is 0 Å². The van der Waals surface area contributed by atoms with E-state index in [0.29, 0.717) is 11.0 Å². The smallest absolute Gasteiger partial charge is 0.423 e. The Morgan fingerprint density at radius 3 is 2.56 bits per heavy atom. The molecule has 18 heavy (non-hydrogen) atoms. The topological polar surface area (TPSA) is 69.1 Å². The number of nitrogens with zero attached hydrogens (tertiary/aromatic N) is 1. The predicted octanol–water partition coefficient (Wildman–Crippen LogP) is 0.910. The molecule has 0 atom stereocenters. The van der Waals surface area contributed by atoms with E-state index in [4.69, 9.17) is 0 Å². The molecule has 2 aromatic heterocycles. The standard InChI is InChI=1S/C13H11BN2O2/c17-14(18)11-8-15-12-6-10(7-16-13(11)12)9-4-2-1-3-5-9/h1-8,15,17-18H. The van der Waals surface area contributed by atoms with Crippen LogP contribution in [-0.2, 0) is 0 Å². The molecule has 0 spiro atoms. The van der Waals surface area contributed by atoms with E-state index in [1.807, 2.05) is 36.4 Å². The lowest BCUT2D eigenvalue weighted by molar-refractivity contribution is 0.426. The van der Waals surface area contributed by atoms with Gasteiger partial charge in [-0.3, -0.25) is 4.98 Å². The minimum atomic E-state index is -1.51. The van der Waals surface area contributed by atoms with Crippen molar-refractivity contribution in [2.75, 3.05) is 0 Å². The average molecular weight is 238 g/mol. The van der Waals surface area contributed by atoms with Gasteiger partial charge in [-0.1, -0.05) is 30.3 Å². The van der Waals surface area contributed by atoms with E-state index in [0.717, 1.165) is 16.6 Å². The first-order chi connectivity index (χ1) is 8.75. The molecule has 2 heterocycles. The summed E-state index contributed by atoms with van der Waals surface area (Å²) in [6.45, 7) is 0. The minimum absolute atomic E-state index is 0.393. The summed E-state index contributed by atoms with van der Waals surface area (Å²) < 4.78 is 0. The molecule has 0 saturated carbocycles. The molecule has 0 fully saturated rings. The molecule has 0 amide bonds. The zero-order valence-corrected chi connectivity index (χ0v) is 9.54. The van der Waals surface area contributed by atoms with Gasteiger partial charge in [0.05, 0.1) is 11.0 Å². The Morgan fingerprint density at radius 2 is 1.83 bits per heavy atom. The number of benzene rings is 1. The molecule has 1 aromatic carbocycles. The highest BCUT2D eigenvalue weighted by Crippen LogP contribution is 2.20. The molecule has 4 nitrogen and oxygen atoms in total. The SMILES string of the molecule is OB(O)c1c[nH]c2cc(-c3ccccc3)cnc12. The largest absolute Gasteiger partial charge is 0.492 e. The van der Waals surface area contributed by atoms with Gasteiger partial charge in [-0.05, 0) is 11.6 Å². The van der Waals surface area contributed by atoms with Gasteiger partial charge in [-0.15, -0.1) is 0 Å². The third-order valence-corrected chi connectivity index (χ3v) is 2.93. The van der Waals surface area contributed by atoms with Crippen molar-refractivity contribution in [3.05, 3.63) is 48.8 Å². The van der Waals surface area contributed by atoms with E-state index in [1.165, 1.54) is 0 Å². The van der Waals surface area contributed by atoms with Gasteiger partial charge in [-0.25, -0.2) is 0 Å². The number of pyridine rings is 1. The predicted molar refractivity (Wildman–Crippen MR) is 71.4 cm³/mol. The number of nitrogens with one attached hydrogen (secondary N) is 1. The van der Waals surface area contributed by atoms with Gasteiger partial charge in [0.25, 0.3) is 0 Å². The van der Waals surface area contributed by atoms with Gasteiger partial charge in [0.1, 0.15) is 0 Å². The Kier molecular flexibility index (Phi) is 2.62. The first kappa shape index (κ1) is 11.0. The van der Waals surface area contributed by atoms with Crippen LogP contribution in [0, 0.1) is 0 Å². The Morgan fingerprint density at radius 1 is 1.06 bits per heavy atom. The maximum atomic E-state index is 9.19. The van der Waals surface area contributed by atoms with Crippen LogP contribution >= 0.6 is 0 Å². The number of hydrogen-bond acceptors (Lipinski definition) is 3. The van der Waals surface area contributed by atoms with Crippen molar-refractivity contribution in [2.45, 2.75) is 0 Å². The van der Waals surface area contributed by atoms with Crippen LogP contribution < -0.4 is 5.46 Å². The molecule has 5 heteroatoms. The van der Waals surface area contributed by atoms with Crippen molar-refractivity contribution >= 4 is 23.6 Å². The van der Waals surface area contributed by atoms with Gasteiger partial charge < -0.3 is 15.0 Å². The molecule has 3 rings (SSSR count). The molecular weight excluding hydrogens is 227 g/mol. The third-order valence-electron chi connectivity index (χ3n) is 2.93. The fraction of sp³-hybridized carbons (Fsp3) is 0. The molecule has 0 radical (unpaired) electrons.